The van der Waals surface area contributed by atoms with Gasteiger partial charge in [0.15, 0.2) is 5.82 Å². The van der Waals surface area contributed by atoms with Crippen LogP contribution in [0.15, 0.2) is 29.1 Å². The molecule has 206 valence electrons. The van der Waals surface area contributed by atoms with E-state index in [0.29, 0.717) is 18.6 Å². The predicted molar refractivity (Wildman–Crippen MR) is 150 cm³/mol. The minimum atomic E-state index is -1.01. The monoisotopic (exact) mass is 521 g/mol. The molecule has 1 aromatic heterocycles. The number of benzene rings is 1. The number of likely N-dealkylation sites (tertiary alicyclic amines) is 1. The first-order valence-electron chi connectivity index (χ1n) is 15.0. The molecule has 7 atom stereocenters. The summed E-state index contributed by atoms with van der Waals surface area (Å²) in [5.41, 5.74) is 7.41. The largest absolute Gasteiger partial charge is 0.480 e. The van der Waals surface area contributed by atoms with Crippen LogP contribution < -0.4 is 16.2 Å². The Morgan fingerprint density at radius 2 is 1.79 bits per heavy atom. The molecule has 38 heavy (non-hydrogen) atoms. The van der Waals surface area contributed by atoms with Gasteiger partial charge in [0, 0.05) is 31.2 Å². The third kappa shape index (κ3) is 4.64. The van der Waals surface area contributed by atoms with Crippen LogP contribution in [0.5, 0.6) is 0 Å². The number of hydrogen-bond donors (Lipinski definition) is 2. The zero-order valence-electron chi connectivity index (χ0n) is 22.7. The molecule has 1 aromatic carbocycles. The van der Waals surface area contributed by atoms with Crippen molar-refractivity contribution >= 4 is 22.8 Å². The SMILES string of the molecule is CCC[C@@H]1C[C@H](n2c(=O)c(N3C[C@@H](N)[C@H]3C(=O)O)nc3ccccc32)CCN1[C@@H]1C[C@@H]2CCCC[C@@H](C2)C1. The molecule has 0 radical (unpaired) electrons. The molecule has 6 rings (SSSR count). The fourth-order valence-electron chi connectivity index (χ4n) is 8.28. The smallest absolute Gasteiger partial charge is 0.328 e. The summed E-state index contributed by atoms with van der Waals surface area (Å²) in [5.74, 6) is 0.999. The summed E-state index contributed by atoms with van der Waals surface area (Å²) in [4.78, 5) is 35.0. The van der Waals surface area contributed by atoms with Gasteiger partial charge in [-0.2, -0.15) is 0 Å². The minimum absolute atomic E-state index is 0.0750. The second-order valence-corrected chi connectivity index (χ2v) is 12.4. The molecule has 3 heterocycles. The van der Waals surface area contributed by atoms with E-state index in [-0.39, 0.29) is 17.4 Å². The van der Waals surface area contributed by atoms with E-state index >= 15 is 0 Å². The Morgan fingerprint density at radius 1 is 1.05 bits per heavy atom. The number of carboxylic acid groups (broad SMARTS) is 1. The number of aromatic nitrogens is 2. The van der Waals surface area contributed by atoms with Gasteiger partial charge in [-0.3, -0.25) is 9.69 Å². The molecule has 3 N–H and O–H groups in total. The fourth-order valence-corrected chi connectivity index (χ4v) is 8.28. The Labute approximate surface area is 225 Å². The second kappa shape index (κ2) is 10.6. The average molecular weight is 522 g/mol. The summed E-state index contributed by atoms with van der Waals surface area (Å²) in [6.45, 7) is 3.62. The average Bonchev–Trinajstić information content (AvgIpc) is 3.06. The van der Waals surface area contributed by atoms with Crippen molar-refractivity contribution in [3.63, 3.8) is 0 Å². The fraction of sp³-hybridized carbons (Fsp3) is 0.700. The zero-order valence-corrected chi connectivity index (χ0v) is 22.7. The lowest BCUT2D eigenvalue weighted by molar-refractivity contribution is -0.140. The first-order chi connectivity index (χ1) is 18.4. The molecule has 0 unspecified atom stereocenters. The van der Waals surface area contributed by atoms with Gasteiger partial charge in [0.25, 0.3) is 5.56 Å². The highest BCUT2D eigenvalue weighted by molar-refractivity contribution is 5.83. The summed E-state index contributed by atoms with van der Waals surface area (Å²) in [5, 5.41) is 9.72. The number of hydrogen-bond acceptors (Lipinski definition) is 6. The number of anilines is 1. The summed E-state index contributed by atoms with van der Waals surface area (Å²) >= 11 is 0. The number of fused-ring (bicyclic) bond motifs is 3. The van der Waals surface area contributed by atoms with Crippen LogP contribution in [-0.2, 0) is 4.79 Å². The van der Waals surface area contributed by atoms with Gasteiger partial charge >= 0.3 is 5.97 Å². The molecule has 2 bridgehead atoms. The van der Waals surface area contributed by atoms with Gasteiger partial charge in [0.1, 0.15) is 6.04 Å². The van der Waals surface area contributed by atoms with Crippen molar-refractivity contribution in [3.8, 4) is 0 Å². The van der Waals surface area contributed by atoms with Crippen molar-refractivity contribution in [2.24, 2.45) is 17.6 Å². The van der Waals surface area contributed by atoms with E-state index in [1.165, 1.54) is 44.9 Å². The number of aliphatic carboxylic acids is 1. The van der Waals surface area contributed by atoms with Crippen LogP contribution >= 0.6 is 0 Å². The summed E-state index contributed by atoms with van der Waals surface area (Å²) in [6.07, 6.45) is 13.9. The third-order valence-electron chi connectivity index (χ3n) is 9.99. The van der Waals surface area contributed by atoms with Crippen molar-refractivity contribution in [1.82, 2.24) is 14.5 Å². The molecule has 2 saturated heterocycles. The van der Waals surface area contributed by atoms with Crippen LogP contribution in [0, 0.1) is 11.8 Å². The molecule has 4 aliphatic rings. The molecule has 0 spiro atoms. The predicted octanol–water partition coefficient (Wildman–Crippen LogP) is 4.16. The van der Waals surface area contributed by atoms with E-state index in [1.54, 1.807) is 4.90 Å². The zero-order chi connectivity index (χ0) is 26.4. The third-order valence-corrected chi connectivity index (χ3v) is 9.99. The number of piperidine rings is 1. The summed E-state index contributed by atoms with van der Waals surface area (Å²) in [7, 11) is 0. The first-order valence-corrected chi connectivity index (χ1v) is 15.0. The van der Waals surface area contributed by atoms with Gasteiger partial charge in [0.2, 0.25) is 0 Å². The second-order valence-electron chi connectivity index (χ2n) is 12.4. The summed E-state index contributed by atoms with van der Waals surface area (Å²) in [6, 6.07) is 7.61. The van der Waals surface area contributed by atoms with Crippen LogP contribution in [0.4, 0.5) is 5.82 Å². The minimum Gasteiger partial charge on any atom is -0.480 e. The van der Waals surface area contributed by atoms with Crippen molar-refractivity contribution in [2.45, 2.75) is 108 Å². The highest BCUT2D eigenvalue weighted by Gasteiger charge is 2.45. The Balaban J connectivity index is 1.31. The number of nitrogens with two attached hydrogens (primary N) is 1. The van der Waals surface area contributed by atoms with Gasteiger partial charge in [-0.25, -0.2) is 9.78 Å². The lowest BCUT2D eigenvalue weighted by Gasteiger charge is -2.48. The van der Waals surface area contributed by atoms with Crippen molar-refractivity contribution < 1.29 is 9.90 Å². The Bertz CT molecular complexity index is 1220. The van der Waals surface area contributed by atoms with Gasteiger partial charge in [0.05, 0.1) is 17.1 Å². The van der Waals surface area contributed by atoms with Crippen LogP contribution in [0.25, 0.3) is 11.0 Å². The van der Waals surface area contributed by atoms with Crippen molar-refractivity contribution in [2.75, 3.05) is 18.0 Å². The van der Waals surface area contributed by atoms with Crippen LogP contribution in [-0.4, -0.2) is 62.8 Å². The van der Waals surface area contributed by atoms with E-state index in [2.05, 4.69) is 16.8 Å². The van der Waals surface area contributed by atoms with Crippen LogP contribution in [0.3, 0.4) is 0 Å². The lowest BCUT2D eigenvalue weighted by atomic mass is 9.76. The highest BCUT2D eigenvalue weighted by atomic mass is 16.4. The van der Waals surface area contributed by atoms with Crippen LogP contribution in [0.1, 0.15) is 83.6 Å². The molecule has 0 amide bonds. The molecule has 2 aliphatic carbocycles. The molecule has 8 nitrogen and oxygen atoms in total. The summed E-state index contributed by atoms with van der Waals surface area (Å²) < 4.78 is 1.95. The van der Waals surface area contributed by atoms with Crippen molar-refractivity contribution in [1.29, 1.82) is 0 Å². The number of carboxylic acids is 1. The van der Waals surface area contributed by atoms with Gasteiger partial charge in [-0.15, -0.1) is 0 Å². The standard InChI is InChI=1S/C30H43N5O3/c1-2-7-21-17-22(12-13-33(21)23-15-19-8-3-4-9-20(14-19)16-23)35-26-11-6-5-10-25(26)32-28(29(35)36)34-18-24(31)27(34)30(37)38/h5-6,10-11,19-24,27H,2-4,7-9,12-18,31H2,1H3,(H,37,38)/t19-,20+,21-,22-,23-,24-,27+/m1/s1. The molecule has 2 saturated carbocycles. The molecule has 8 heteroatoms. The van der Waals surface area contributed by atoms with E-state index < -0.39 is 18.1 Å². The number of nitrogens with zero attached hydrogens (tertiary/aromatic N) is 4. The van der Waals surface area contributed by atoms with Gasteiger partial charge in [-0.05, 0) is 62.5 Å². The number of para-hydroxylation sites is 2. The Hall–Kier alpha value is -2.45. The highest BCUT2D eigenvalue weighted by Crippen LogP contribution is 2.43. The first kappa shape index (κ1) is 25.8. The van der Waals surface area contributed by atoms with Crippen molar-refractivity contribution in [3.05, 3.63) is 34.6 Å². The van der Waals surface area contributed by atoms with Gasteiger partial charge < -0.3 is 20.3 Å². The quantitative estimate of drug-likeness (QED) is 0.588. The van der Waals surface area contributed by atoms with E-state index in [4.69, 9.17) is 5.73 Å². The molecule has 2 aliphatic heterocycles. The number of rotatable bonds is 6. The Kier molecular flexibility index (Phi) is 7.20. The van der Waals surface area contributed by atoms with Crippen LogP contribution in [0.2, 0.25) is 0 Å². The van der Waals surface area contributed by atoms with E-state index in [1.807, 2.05) is 28.8 Å². The maximum atomic E-state index is 14.0. The molecule has 2 aromatic rings. The molecule has 4 fully saturated rings. The Morgan fingerprint density at radius 3 is 2.47 bits per heavy atom. The topological polar surface area (TPSA) is 105 Å². The maximum absolute atomic E-state index is 14.0. The molecular weight excluding hydrogens is 478 g/mol. The normalized spacial score (nSPS) is 34.1. The number of carbonyl (C=O) groups is 1. The maximum Gasteiger partial charge on any atom is 0.328 e. The molecular formula is C30H43N5O3. The van der Waals surface area contributed by atoms with Gasteiger partial charge in [-0.1, -0.05) is 51.2 Å². The van der Waals surface area contributed by atoms with E-state index in [0.717, 1.165) is 55.1 Å². The lowest BCUT2D eigenvalue weighted by Crippen LogP contribution is -2.69. The van der Waals surface area contributed by atoms with E-state index in [9.17, 15) is 14.7 Å².